The van der Waals surface area contributed by atoms with Crippen LogP contribution in [0.4, 0.5) is 0 Å². The number of halogens is 1. The molecule has 0 fully saturated rings. The number of methoxy groups -OCH3 is 1. The van der Waals surface area contributed by atoms with Gasteiger partial charge in [0, 0.05) is 7.11 Å². The molecule has 0 saturated heterocycles. The van der Waals surface area contributed by atoms with Gasteiger partial charge in [0.05, 0.1) is 12.5 Å². The summed E-state index contributed by atoms with van der Waals surface area (Å²) in [6.07, 6.45) is 4.63. The van der Waals surface area contributed by atoms with Crippen LogP contribution >= 0.6 is 24.2 Å². The molecule has 0 unspecified atom stereocenters. The first-order valence-electron chi connectivity index (χ1n) is 6.47. The maximum absolute atomic E-state index is 10.3. The maximum atomic E-state index is 10.3. The molecule has 3 N–H and O–H groups in total. The minimum absolute atomic E-state index is 0. The van der Waals surface area contributed by atoms with Gasteiger partial charge in [0.25, 0.3) is 0 Å². The number of carboxylic acids is 1. The van der Waals surface area contributed by atoms with Crippen molar-refractivity contribution in [3.05, 3.63) is 0 Å². The lowest BCUT2D eigenvalue weighted by molar-refractivity contribution is -0.133. The van der Waals surface area contributed by atoms with E-state index in [-0.39, 0.29) is 18.2 Å². The van der Waals surface area contributed by atoms with Gasteiger partial charge in [0.15, 0.2) is 0 Å². The van der Waals surface area contributed by atoms with E-state index in [1.807, 2.05) is 0 Å². The summed E-state index contributed by atoms with van der Waals surface area (Å²) in [5.41, 5.74) is 0. The summed E-state index contributed by atoms with van der Waals surface area (Å²) in [5, 5.41) is 15.0. The SMILES string of the molecule is COCNCCCCCNCCCSCC(=O)O.Cl. The number of aliphatic carboxylic acids is 1. The smallest absolute Gasteiger partial charge is 0.313 e. The van der Waals surface area contributed by atoms with Gasteiger partial charge in [-0.15, -0.1) is 12.4 Å². The third-order valence-corrected chi connectivity index (χ3v) is 3.35. The number of nitrogens with one attached hydrogen (secondary N) is 2. The quantitative estimate of drug-likeness (QED) is 0.334. The molecule has 7 heteroatoms. The Bertz CT molecular complexity index is 200. The van der Waals surface area contributed by atoms with Crippen molar-refractivity contribution in [1.29, 1.82) is 0 Å². The van der Waals surface area contributed by atoms with Crippen LogP contribution in [0, 0.1) is 0 Å². The highest BCUT2D eigenvalue weighted by atomic mass is 35.5. The van der Waals surface area contributed by atoms with E-state index < -0.39 is 5.97 Å². The normalized spacial score (nSPS) is 10.2. The Labute approximate surface area is 126 Å². The Kier molecular flexibility index (Phi) is 20.2. The zero-order chi connectivity index (χ0) is 13.5. The van der Waals surface area contributed by atoms with Crippen LogP contribution in [0.15, 0.2) is 0 Å². The molecule has 0 aliphatic heterocycles. The molecule has 0 rings (SSSR count). The Morgan fingerprint density at radius 1 is 1.11 bits per heavy atom. The van der Waals surface area contributed by atoms with Gasteiger partial charge in [-0.25, -0.2) is 0 Å². The molecule has 0 aliphatic carbocycles. The topological polar surface area (TPSA) is 70.6 Å². The van der Waals surface area contributed by atoms with Gasteiger partial charge in [-0.2, -0.15) is 11.8 Å². The van der Waals surface area contributed by atoms with Gasteiger partial charge < -0.3 is 15.2 Å². The molecule has 0 aromatic heterocycles. The molecule has 0 heterocycles. The van der Waals surface area contributed by atoms with Crippen LogP contribution < -0.4 is 10.6 Å². The van der Waals surface area contributed by atoms with Crippen molar-refractivity contribution >= 4 is 30.1 Å². The number of hydrogen-bond donors (Lipinski definition) is 3. The fourth-order valence-electron chi connectivity index (χ4n) is 1.43. The molecule has 0 aromatic rings. The Morgan fingerprint density at radius 3 is 2.37 bits per heavy atom. The minimum atomic E-state index is -0.727. The van der Waals surface area contributed by atoms with Crippen LogP contribution in [-0.2, 0) is 9.53 Å². The second-order valence-corrected chi connectivity index (χ2v) is 5.15. The molecule has 0 radical (unpaired) electrons. The summed E-state index contributed by atoms with van der Waals surface area (Å²) in [6, 6.07) is 0. The molecule has 0 atom stereocenters. The van der Waals surface area contributed by atoms with Crippen LogP contribution in [0.2, 0.25) is 0 Å². The van der Waals surface area contributed by atoms with E-state index in [1.54, 1.807) is 7.11 Å². The van der Waals surface area contributed by atoms with E-state index >= 15 is 0 Å². The van der Waals surface area contributed by atoms with Gasteiger partial charge in [0.1, 0.15) is 0 Å². The van der Waals surface area contributed by atoms with Gasteiger partial charge in [-0.05, 0) is 44.6 Å². The predicted molar refractivity (Wildman–Crippen MR) is 83.4 cm³/mol. The lowest BCUT2D eigenvalue weighted by atomic mass is 10.2. The highest BCUT2D eigenvalue weighted by molar-refractivity contribution is 7.99. The van der Waals surface area contributed by atoms with Crippen molar-refractivity contribution in [2.24, 2.45) is 0 Å². The van der Waals surface area contributed by atoms with E-state index in [2.05, 4.69) is 10.6 Å². The van der Waals surface area contributed by atoms with Crippen molar-refractivity contribution in [3.63, 3.8) is 0 Å². The molecule has 19 heavy (non-hydrogen) atoms. The van der Waals surface area contributed by atoms with Crippen LogP contribution in [0.25, 0.3) is 0 Å². The third kappa shape index (κ3) is 20.5. The summed E-state index contributed by atoms with van der Waals surface area (Å²) in [6.45, 7) is 3.67. The predicted octanol–water partition coefficient (Wildman–Crippen LogP) is 1.57. The molecule has 0 saturated carbocycles. The van der Waals surface area contributed by atoms with Gasteiger partial charge in [0.2, 0.25) is 0 Å². The van der Waals surface area contributed by atoms with Gasteiger partial charge in [-0.1, -0.05) is 6.42 Å². The van der Waals surface area contributed by atoms with Crippen LogP contribution in [-0.4, -0.2) is 56.1 Å². The van der Waals surface area contributed by atoms with E-state index in [4.69, 9.17) is 9.84 Å². The van der Waals surface area contributed by atoms with Crippen LogP contribution in [0.1, 0.15) is 25.7 Å². The number of carboxylic acid groups (broad SMARTS) is 1. The van der Waals surface area contributed by atoms with Crippen LogP contribution in [0.5, 0.6) is 0 Å². The van der Waals surface area contributed by atoms with E-state index in [0.717, 1.165) is 31.8 Å². The molecule has 0 aromatic carbocycles. The van der Waals surface area contributed by atoms with Crippen molar-refractivity contribution in [2.75, 3.05) is 45.0 Å². The molecule has 5 nitrogen and oxygen atoms in total. The number of thioether (sulfide) groups is 1. The molecule has 0 amide bonds. The zero-order valence-electron chi connectivity index (χ0n) is 11.7. The van der Waals surface area contributed by atoms with E-state index in [1.165, 1.54) is 31.0 Å². The van der Waals surface area contributed by atoms with E-state index in [9.17, 15) is 4.79 Å². The van der Waals surface area contributed by atoms with Crippen molar-refractivity contribution < 1.29 is 14.6 Å². The molecule has 116 valence electrons. The van der Waals surface area contributed by atoms with E-state index in [0.29, 0.717) is 6.73 Å². The average molecular weight is 315 g/mol. The largest absolute Gasteiger partial charge is 0.481 e. The second kappa shape index (κ2) is 18.0. The first kappa shape index (κ1) is 21.3. The third-order valence-electron chi connectivity index (χ3n) is 2.32. The summed E-state index contributed by atoms with van der Waals surface area (Å²) >= 11 is 1.48. The highest BCUT2D eigenvalue weighted by Gasteiger charge is 1.96. The number of rotatable bonds is 14. The molecule has 0 spiro atoms. The zero-order valence-corrected chi connectivity index (χ0v) is 13.3. The Morgan fingerprint density at radius 2 is 1.74 bits per heavy atom. The van der Waals surface area contributed by atoms with Gasteiger partial charge >= 0.3 is 5.97 Å². The number of unbranched alkanes of at least 4 members (excludes halogenated alkanes) is 2. The number of hydrogen-bond acceptors (Lipinski definition) is 5. The lowest BCUT2D eigenvalue weighted by Crippen LogP contribution is -2.19. The fourth-order valence-corrected chi connectivity index (χ4v) is 2.10. The molecular formula is C12H27ClN2O3S. The standard InChI is InChI=1S/C12H26N2O3S.ClH/c1-17-11-14-7-4-2-3-6-13-8-5-9-18-10-12(15)16;/h13-14H,2-11H2,1H3,(H,15,16);1H. The molecule has 0 aliphatic rings. The summed E-state index contributed by atoms with van der Waals surface area (Å²) in [4.78, 5) is 10.3. The maximum Gasteiger partial charge on any atom is 0.313 e. The Balaban J connectivity index is 0. The fraction of sp³-hybridized carbons (Fsp3) is 0.917. The monoisotopic (exact) mass is 314 g/mol. The molecular weight excluding hydrogens is 288 g/mol. The first-order valence-corrected chi connectivity index (χ1v) is 7.62. The first-order chi connectivity index (χ1) is 8.77. The van der Waals surface area contributed by atoms with Gasteiger partial charge in [-0.3, -0.25) is 10.1 Å². The van der Waals surface area contributed by atoms with Crippen molar-refractivity contribution in [2.45, 2.75) is 25.7 Å². The summed E-state index contributed by atoms with van der Waals surface area (Å²) in [7, 11) is 1.69. The lowest BCUT2D eigenvalue weighted by Gasteiger charge is -2.05. The average Bonchev–Trinajstić information content (AvgIpc) is 2.34. The van der Waals surface area contributed by atoms with Crippen LogP contribution in [0.3, 0.4) is 0 Å². The highest BCUT2D eigenvalue weighted by Crippen LogP contribution is 2.00. The number of ether oxygens (including phenoxy) is 1. The number of carbonyl (C=O) groups is 1. The second-order valence-electron chi connectivity index (χ2n) is 4.04. The summed E-state index contributed by atoms with van der Waals surface area (Å²) in [5.74, 6) is 0.407. The van der Waals surface area contributed by atoms with Crippen molar-refractivity contribution in [1.82, 2.24) is 10.6 Å². The summed E-state index contributed by atoms with van der Waals surface area (Å²) < 4.78 is 4.89. The molecule has 0 bridgehead atoms. The van der Waals surface area contributed by atoms with Crippen molar-refractivity contribution in [3.8, 4) is 0 Å². The minimum Gasteiger partial charge on any atom is -0.481 e. The Hall–Kier alpha value is -0.0100.